The van der Waals surface area contributed by atoms with Crippen molar-refractivity contribution in [3.8, 4) is 22.8 Å². The lowest BCUT2D eigenvalue weighted by Crippen LogP contribution is -2.36. The zero-order chi connectivity index (χ0) is 21.2. The number of phenols is 1. The van der Waals surface area contributed by atoms with E-state index in [1.165, 1.54) is 12.8 Å². The Morgan fingerprint density at radius 3 is 2.65 bits per heavy atom. The molecule has 0 radical (unpaired) electrons. The molecule has 31 heavy (non-hydrogen) atoms. The second-order valence-corrected chi connectivity index (χ2v) is 7.27. The number of phenolic OH excluding ortho intramolecular Hbond substituents is 1. The second kappa shape index (κ2) is 8.16. The van der Waals surface area contributed by atoms with E-state index in [2.05, 4.69) is 32.3 Å². The van der Waals surface area contributed by atoms with Crippen LogP contribution in [0.3, 0.4) is 0 Å². The zero-order valence-electron chi connectivity index (χ0n) is 17.2. The summed E-state index contributed by atoms with van der Waals surface area (Å²) in [6.07, 6.45) is 5.41. The van der Waals surface area contributed by atoms with Crippen molar-refractivity contribution in [2.24, 2.45) is 0 Å². The van der Waals surface area contributed by atoms with Gasteiger partial charge in [0, 0.05) is 42.4 Å². The van der Waals surface area contributed by atoms with E-state index >= 15 is 0 Å². The van der Waals surface area contributed by atoms with Crippen LogP contribution in [-0.2, 0) is 4.74 Å². The van der Waals surface area contributed by atoms with Crippen molar-refractivity contribution in [1.82, 2.24) is 14.4 Å². The van der Waals surface area contributed by atoms with Crippen LogP contribution in [0.2, 0.25) is 0 Å². The largest absolute Gasteiger partial charge is 0.504 e. The number of hydrogen-bond acceptors (Lipinski definition) is 7. The molecule has 3 heterocycles. The molecule has 8 nitrogen and oxygen atoms in total. The average molecular weight is 417 g/mol. The van der Waals surface area contributed by atoms with Crippen molar-refractivity contribution in [3.05, 3.63) is 61.1 Å². The summed E-state index contributed by atoms with van der Waals surface area (Å²) in [7, 11) is 1.53. The van der Waals surface area contributed by atoms with Crippen LogP contribution in [0.15, 0.2) is 61.1 Å². The van der Waals surface area contributed by atoms with Gasteiger partial charge in [-0.25, -0.2) is 9.97 Å². The van der Waals surface area contributed by atoms with Gasteiger partial charge < -0.3 is 24.8 Å². The molecule has 1 fully saturated rings. The molecule has 0 aliphatic carbocycles. The van der Waals surface area contributed by atoms with Crippen LogP contribution < -0.4 is 15.0 Å². The van der Waals surface area contributed by atoms with Gasteiger partial charge in [0.2, 0.25) is 0 Å². The second-order valence-electron chi connectivity index (χ2n) is 7.27. The van der Waals surface area contributed by atoms with Crippen molar-refractivity contribution in [2.45, 2.75) is 0 Å². The maximum atomic E-state index is 9.89. The quantitative estimate of drug-likeness (QED) is 0.512. The topological polar surface area (TPSA) is 84.2 Å². The average Bonchev–Trinajstić information content (AvgIpc) is 3.31. The number of nitrogens with one attached hydrogen (secondary N) is 1. The lowest BCUT2D eigenvalue weighted by atomic mass is 10.1. The first-order chi connectivity index (χ1) is 15.2. The summed E-state index contributed by atoms with van der Waals surface area (Å²) < 4.78 is 12.6. The van der Waals surface area contributed by atoms with Gasteiger partial charge in [0.05, 0.1) is 32.2 Å². The van der Waals surface area contributed by atoms with Gasteiger partial charge in [-0.05, 0) is 42.5 Å². The summed E-state index contributed by atoms with van der Waals surface area (Å²) in [6, 6.07) is 13.5. The molecule has 2 aromatic carbocycles. The number of hydrogen-bond donors (Lipinski definition) is 2. The van der Waals surface area contributed by atoms with E-state index in [0.29, 0.717) is 17.2 Å². The third-order valence-electron chi connectivity index (χ3n) is 5.41. The highest BCUT2D eigenvalue weighted by Gasteiger charge is 2.14. The summed E-state index contributed by atoms with van der Waals surface area (Å²) in [5.74, 6) is 1.17. The first-order valence-corrected chi connectivity index (χ1v) is 10.1. The van der Waals surface area contributed by atoms with Crippen molar-refractivity contribution in [2.75, 3.05) is 43.6 Å². The van der Waals surface area contributed by atoms with Crippen molar-refractivity contribution >= 4 is 22.8 Å². The molecule has 0 unspecified atom stereocenters. The Balaban J connectivity index is 1.43. The lowest BCUT2D eigenvalue weighted by Gasteiger charge is -2.28. The lowest BCUT2D eigenvalue weighted by molar-refractivity contribution is 0.122. The van der Waals surface area contributed by atoms with Crippen LogP contribution in [0.5, 0.6) is 11.5 Å². The van der Waals surface area contributed by atoms with Crippen molar-refractivity contribution in [1.29, 1.82) is 0 Å². The smallest absolute Gasteiger partial charge is 0.180 e. The summed E-state index contributed by atoms with van der Waals surface area (Å²) in [6.45, 7) is 3.35. The highest BCUT2D eigenvalue weighted by molar-refractivity contribution is 5.75. The number of methoxy groups -OCH3 is 1. The maximum Gasteiger partial charge on any atom is 0.180 e. The predicted octanol–water partition coefficient (Wildman–Crippen LogP) is 3.69. The monoisotopic (exact) mass is 417 g/mol. The standard InChI is InChI=1S/C23H23N5O3/c1-30-21-14-16(2-7-20(21)29)19-15-25-22(23-24-8-9-28(19)23)26-17-3-5-18(6-4-17)27-10-12-31-13-11-27/h2-9,14-15,29H,10-13H2,1H3,(H,25,26). The van der Waals surface area contributed by atoms with Crippen molar-refractivity contribution < 1.29 is 14.6 Å². The Morgan fingerprint density at radius 2 is 1.87 bits per heavy atom. The highest BCUT2D eigenvalue weighted by Crippen LogP contribution is 2.32. The third kappa shape index (κ3) is 3.73. The number of anilines is 3. The molecular formula is C23H23N5O3. The fraction of sp³-hybridized carbons (Fsp3) is 0.217. The number of ether oxygens (including phenoxy) is 2. The Hall–Kier alpha value is -3.78. The summed E-state index contributed by atoms with van der Waals surface area (Å²) in [5, 5.41) is 13.3. The molecule has 1 aliphatic rings. The Kier molecular flexibility index (Phi) is 5.05. The number of morpholine rings is 1. The number of nitrogens with zero attached hydrogens (tertiary/aromatic N) is 4. The minimum atomic E-state index is 0.0971. The van der Waals surface area contributed by atoms with E-state index in [1.807, 2.05) is 28.8 Å². The van der Waals surface area contributed by atoms with E-state index < -0.39 is 0 Å². The molecule has 4 aromatic rings. The molecule has 0 amide bonds. The fourth-order valence-corrected chi connectivity index (χ4v) is 3.77. The molecule has 1 aliphatic heterocycles. The summed E-state index contributed by atoms with van der Waals surface area (Å²) in [4.78, 5) is 11.4. The van der Waals surface area contributed by atoms with Crippen LogP contribution in [0.1, 0.15) is 0 Å². The van der Waals surface area contributed by atoms with Crippen LogP contribution in [0, 0.1) is 0 Å². The van der Waals surface area contributed by atoms with E-state index in [4.69, 9.17) is 9.47 Å². The minimum Gasteiger partial charge on any atom is -0.504 e. The summed E-state index contributed by atoms with van der Waals surface area (Å²) in [5.41, 5.74) is 4.55. The third-order valence-corrected chi connectivity index (χ3v) is 5.41. The highest BCUT2D eigenvalue weighted by atomic mass is 16.5. The molecule has 5 rings (SSSR count). The van der Waals surface area contributed by atoms with Crippen LogP contribution >= 0.6 is 0 Å². The fourth-order valence-electron chi connectivity index (χ4n) is 3.77. The number of aromatic nitrogens is 3. The molecule has 0 bridgehead atoms. The molecule has 2 aromatic heterocycles. The number of benzene rings is 2. The number of fused-ring (bicyclic) bond motifs is 1. The van der Waals surface area contributed by atoms with Gasteiger partial charge in [-0.15, -0.1) is 0 Å². The van der Waals surface area contributed by atoms with Crippen LogP contribution in [0.4, 0.5) is 17.2 Å². The van der Waals surface area contributed by atoms with Gasteiger partial charge in [0.1, 0.15) is 0 Å². The van der Waals surface area contributed by atoms with E-state index in [0.717, 1.165) is 43.2 Å². The van der Waals surface area contributed by atoms with Gasteiger partial charge >= 0.3 is 0 Å². The van der Waals surface area contributed by atoms with Gasteiger partial charge in [-0.2, -0.15) is 0 Å². The van der Waals surface area contributed by atoms with E-state index in [9.17, 15) is 5.11 Å². The van der Waals surface area contributed by atoms with Gasteiger partial charge in [0.15, 0.2) is 23.0 Å². The molecule has 0 spiro atoms. The Morgan fingerprint density at radius 1 is 1.06 bits per heavy atom. The molecular weight excluding hydrogens is 394 g/mol. The first-order valence-electron chi connectivity index (χ1n) is 10.1. The number of imidazole rings is 1. The number of aromatic hydroxyl groups is 1. The van der Waals surface area contributed by atoms with E-state index in [-0.39, 0.29) is 5.75 Å². The van der Waals surface area contributed by atoms with E-state index in [1.54, 1.807) is 24.5 Å². The SMILES string of the molecule is COc1cc(-c2cnc(Nc3ccc(N4CCOCC4)cc3)c3nccn23)ccc1O. The molecule has 158 valence electrons. The molecule has 2 N–H and O–H groups in total. The maximum absolute atomic E-state index is 9.89. The van der Waals surface area contributed by atoms with Crippen molar-refractivity contribution in [3.63, 3.8) is 0 Å². The molecule has 0 saturated carbocycles. The normalized spacial score (nSPS) is 14.0. The van der Waals surface area contributed by atoms with Gasteiger partial charge in [-0.1, -0.05) is 0 Å². The Labute approximate surface area is 179 Å². The van der Waals surface area contributed by atoms with Crippen LogP contribution in [0.25, 0.3) is 16.9 Å². The van der Waals surface area contributed by atoms with Crippen LogP contribution in [-0.4, -0.2) is 52.9 Å². The number of rotatable bonds is 5. The molecule has 0 atom stereocenters. The Bertz CT molecular complexity index is 1200. The summed E-state index contributed by atoms with van der Waals surface area (Å²) >= 11 is 0. The van der Waals surface area contributed by atoms with Gasteiger partial charge in [-0.3, -0.25) is 4.40 Å². The predicted molar refractivity (Wildman–Crippen MR) is 119 cm³/mol. The van der Waals surface area contributed by atoms with Gasteiger partial charge in [0.25, 0.3) is 0 Å². The first kappa shape index (κ1) is 19.2. The minimum absolute atomic E-state index is 0.0971. The molecule has 8 heteroatoms. The molecule has 1 saturated heterocycles. The zero-order valence-corrected chi connectivity index (χ0v) is 17.2.